The number of hydrogen-bond acceptors (Lipinski definition) is 3. The first-order valence-electron chi connectivity index (χ1n) is 12.2. The molecule has 1 aromatic rings. The van der Waals surface area contributed by atoms with Gasteiger partial charge < -0.3 is 10.4 Å². The van der Waals surface area contributed by atoms with E-state index in [9.17, 15) is 14.7 Å². The number of carbonyl (C=O) groups excluding carboxylic acids is 2. The lowest BCUT2D eigenvalue weighted by atomic mass is 9.86. The van der Waals surface area contributed by atoms with Crippen LogP contribution in [0, 0.1) is 11.8 Å². The van der Waals surface area contributed by atoms with E-state index in [0.29, 0.717) is 24.2 Å². The number of amides is 1. The minimum absolute atomic E-state index is 0.199. The van der Waals surface area contributed by atoms with Gasteiger partial charge in [0.1, 0.15) is 5.78 Å². The van der Waals surface area contributed by atoms with Gasteiger partial charge in [-0.3, -0.25) is 9.59 Å². The Balaban J connectivity index is 1.26. The van der Waals surface area contributed by atoms with Crippen LogP contribution >= 0.6 is 0 Å². The first-order chi connectivity index (χ1) is 14.6. The lowest BCUT2D eigenvalue weighted by Crippen LogP contribution is -2.24. The molecule has 4 nitrogen and oxygen atoms in total. The molecular formula is C26H39NO3. The molecule has 3 rings (SSSR count). The summed E-state index contributed by atoms with van der Waals surface area (Å²) in [4.78, 5) is 24.0. The molecule has 0 saturated heterocycles. The van der Waals surface area contributed by atoms with E-state index >= 15 is 0 Å². The topological polar surface area (TPSA) is 66.4 Å². The second-order valence-electron chi connectivity index (χ2n) is 9.42. The molecule has 30 heavy (non-hydrogen) atoms. The zero-order valence-corrected chi connectivity index (χ0v) is 18.4. The fourth-order valence-electron chi connectivity index (χ4n) is 4.78. The van der Waals surface area contributed by atoms with E-state index in [-0.39, 0.29) is 17.9 Å². The van der Waals surface area contributed by atoms with Crippen molar-refractivity contribution in [2.45, 2.75) is 102 Å². The van der Waals surface area contributed by atoms with Gasteiger partial charge in [0, 0.05) is 24.8 Å². The molecule has 0 spiro atoms. The van der Waals surface area contributed by atoms with E-state index in [1.165, 1.54) is 5.56 Å². The third-order valence-electron chi connectivity index (χ3n) is 6.84. The largest absolute Gasteiger partial charge is 0.393 e. The number of rotatable bonds is 14. The van der Waals surface area contributed by atoms with Gasteiger partial charge in [-0.2, -0.15) is 0 Å². The van der Waals surface area contributed by atoms with E-state index in [1.54, 1.807) is 0 Å². The number of ketones is 1. The van der Waals surface area contributed by atoms with Gasteiger partial charge in [-0.25, -0.2) is 0 Å². The summed E-state index contributed by atoms with van der Waals surface area (Å²) in [5, 5.41) is 13.4. The second kappa shape index (κ2) is 12.2. The first-order valence-corrected chi connectivity index (χ1v) is 12.2. The van der Waals surface area contributed by atoms with E-state index in [1.807, 2.05) is 18.2 Å². The van der Waals surface area contributed by atoms with E-state index in [0.717, 1.165) is 83.5 Å². The molecule has 1 aromatic carbocycles. The smallest absolute Gasteiger partial charge is 0.220 e. The van der Waals surface area contributed by atoms with E-state index in [4.69, 9.17) is 0 Å². The Bertz CT molecular complexity index is 656. The standard InChI is InChI=1S/C26H39NO3/c28-23(17-12-20-8-4-3-5-9-20)18-13-21-14-19-25(29)24(21)10-6-1-2-7-11-26(30)27-22-15-16-22/h3-5,8-9,21-24,28H,1-2,6-7,10-19H2,(H,27,30)/t21-,23-,24+/m0/s1. The van der Waals surface area contributed by atoms with Crippen molar-refractivity contribution in [2.75, 3.05) is 0 Å². The quantitative estimate of drug-likeness (QED) is 0.423. The number of aryl methyl sites for hydroxylation is 1. The van der Waals surface area contributed by atoms with Crippen molar-refractivity contribution in [2.24, 2.45) is 11.8 Å². The molecule has 0 unspecified atom stereocenters. The first kappa shape index (κ1) is 23.0. The number of nitrogens with one attached hydrogen (secondary N) is 1. The Hall–Kier alpha value is -1.68. The molecular weight excluding hydrogens is 374 g/mol. The summed E-state index contributed by atoms with van der Waals surface area (Å²) in [6, 6.07) is 10.8. The Morgan fingerprint density at radius 3 is 2.53 bits per heavy atom. The number of benzene rings is 1. The molecule has 2 aliphatic rings. The molecule has 2 saturated carbocycles. The molecule has 0 aliphatic heterocycles. The molecule has 2 N–H and O–H groups in total. The summed E-state index contributed by atoms with van der Waals surface area (Å²) in [6.07, 6.45) is 13.0. The highest BCUT2D eigenvalue weighted by atomic mass is 16.3. The molecule has 0 bridgehead atoms. The molecule has 0 radical (unpaired) electrons. The van der Waals surface area contributed by atoms with Crippen molar-refractivity contribution in [3.05, 3.63) is 35.9 Å². The summed E-state index contributed by atoms with van der Waals surface area (Å²) in [6.45, 7) is 0. The lowest BCUT2D eigenvalue weighted by molar-refractivity contribution is -0.122. The van der Waals surface area contributed by atoms with Crippen molar-refractivity contribution in [1.82, 2.24) is 5.32 Å². The highest BCUT2D eigenvalue weighted by Crippen LogP contribution is 2.36. The average molecular weight is 414 g/mol. The van der Waals surface area contributed by atoms with Crippen LogP contribution in [-0.4, -0.2) is 28.9 Å². The summed E-state index contributed by atoms with van der Waals surface area (Å²) in [7, 11) is 0. The van der Waals surface area contributed by atoms with Crippen LogP contribution in [0.15, 0.2) is 30.3 Å². The minimum Gasteiger partial charge on any atom is -0.393 e. The number of Topliss-reactive ketones (excluding diaryl/α,β-unsaturated/α-hetero) is 1. The normalized spacial score (nSPS) is 22.2. The third kappa shape index (κ3) is 8.22. The predicted octanol–water partition coefficient (Wildman–Crippen LogP) is 4.97. The van der Waals surface area contributed by atoms with E-state index < -0.39 is 0 Å². The number of carbonyl (C=O) groups is 2. The fraction of sp³-hybridized carbons (Fsp3) is 0.692. The molecule has 166 valence electrons. The molecule has 3 atom stereocenters. The summed E-state index contributed by atoms with van der Waals surface area (Å²) >= 11 is 0. The lowest BCUT2D eigenvalue weighted by Gasteiger charge is -2.20. The van der Waals surface area contributed by atoms with Gasteiger partial charge in [0.05, 0.1) is 6.10 Å². The fourth-order valence-corrected chi connectivity index (χ4v) is 4.78. The monoisotopic (exact) mass is 413 g/mol. The van der Waals surface area contributed by atoms with Crippen molar-refractivity contribution in [3.8, 4) is 0 Å². The number of aliphatic hydroxyl groups excluding tert-OH is 1. The van der Waals surface area contributed by atoms with Crippen LogP contribution in [-0.2, 0) is 16.0 Å². The van der Waals surface area contributed by atoms with Gasteiger partial charge in [-0.05, 0) is 69.3 Å². The van der Waals surface area contributed by atoms with Crippen LogP contribution in [0.4, 0.5) is 0 Å². The Kier molecular flexibility index (Phi) is 9.38. The Morgan fingerprint density at radius 2 is 1.77 bits per heavy atom. The summed E-state index contributed by atoms with van der Waals surface area (Å²) in [5.74, 6) is 1.29. The van der Waals surface area contributed by atoms with Crippen LogP contribution < -0.4 is 5.32 Å². The van der Waals surface area contributed by atoms with Gasteiger partial charge in [0.15, 0.2) is 0 Å². The minimum atomic E-state index is -0.275. The second-order valence-corrected chi connectivity index (χ2v) is 9.42. The van der Waals surface area contributed by atoms with Crippen LogP contribution in [0.25, 0.3) is 0 Å². The molecule has 2 aliphatic carbocycles. The Morgan fingerprint density at radius 1 is 1.00 bits per heavy atom. The number of aliphatic hydroxyl groups is 1. The van der Waals surface area contributed by atoms with Gasteiger partial charge in [-0.1, -0.05) is 49.6 Å². The highest BCUT2D eigenvalue weighted by molar-refractivity contribution is 5.83. The number of hydrogen-bond donors (Lipinski definition) is 2. The Labute approximate surface area is 181 Å². The predicted molar refractivity (Wildman–Crippen MR) is 120 cm³/mol. The third-order valence-corrected chi connectivity index (χ3v) is 6.84. The maximum Gasteiger partial charge on any atom is 0.220 e. The van der Waals surface area contributed by atoms with Crippen LogP contribution in [0.1, 0.15) is 89.0 Å². The van der Waals surface area contributed by atoms with Crippen LogP contribution in [0.5, 0.6) is 0 Å². The van der Waals surface area contributed by atoms with Crippen LogP contribution in [0.2, 0.25) is 0 Å². The molecule has 1 amide bonds. The van der Waals surface area contributed by atoms with Crippen LogP contribution in [0.3, 0.4) is 0 Å². The zero-order valence-electron chi connectivity index (χ0n) is 18.4. The van der Waals surface area contributed by atoms with Gasteiger partial charge in [0.2, 0.25) is 5.91 Å². The maximum atomic E-state index is 12.3. The zero-order chi connectivity index (χ0) is 21.2. The summed E-state index contributed by atoms with van der Waals surface area (Å²) < 4.78 is 0. The molecule has 2 fully saturated rings. The van der Waals surface area contributed by atoms with Crippen molar-refractivity contribution in [3.63, 3.8) is 0 Å². The highest BCUT2D eigenvalue weighted by Gasteiger charge is 2.33. The molecule has 0 heterocycles. The average Bonchev–Trinajstić information content (AvgIpc) is 3.50. The number of unbranched alkanes of at least 4 members (excludes halogenated alkanes) is 3. The van der Waals surface area contributed by atoms with Gasteiger partial charge in [-0.15, -0.1) is 0 Å². The van der Waals surface area contributed by atoms with Crippen molar-refractivity contribution >= 4 is 11.7 Å². The summed E-state index contributed by atoms with van der Waals surface area (Å²) in [5.41, 5.74) is 1.27. The molecule has 4 heteroatoms. The van der Waals surface area contributed by atoms with Gasteiger partial charge in [0.25, 0.3) is 0 Å². The molecule has 0 aromatic heterocycles. The van der Waals surface area contributed by atoms with Gasteiger partial charge >= 0.3 is 0 Å². The van der Waals surface area contributed by atoms with E-state index in [2.05, 4.69) is 17.4 Å². The van der Waals surface area contributed by atoms with Crippen molar-refractivity contribution in [1.29, 1.82) is 0 Å². The maximum absolute atomic E-state index is 12.3. The van der Waals surface area contributed by atoms with Crippen molar-refractivity contribution < 1.29 is 14.7 Å². The SMILES string of the molecule is O=C(CCCCCC[C@H]1C(=O)CC[C@@H]1CC[C@@H](O)CCc1ccccc1)NC1CC1.